The van der Waals surface area contributed by atoms with Crippen LogP contribution in [0, 0.1) is 17.3 Å². The molecule has 0 aromatic carbocycles. The molecule has 2 fully saturated rings. The predicted molar refractivity (Wildman–Crippen MR) is 63.7 cm³/mol. The molecule has 0 heterocycles. The van der Waals surface area contributed by atoms with E-state index < -0.39 is 0 Å². The predicted octanol–water partition coefficient (Wildman–Crippen LogP) is 3.75. The summed E-state index contributed by atoms with van der Waals surface area (Å²) in [5.41, 5.74) is 0.148. The minimum absolute atomic E-state index is 0.278. The number of hydrogen-bond donors (Lipinski definition) is 1. The Bertz CT molecular complexity index is 224. The molecule has 0 aromatic heterocycles. The molecule has 1 nitrogen and oxygen atoms in total. The second-order valence-corrected chi connectivity index (χ2v) is 6.87. The zero-order valence-electron chi connectivity index (χ0n) is 10.6. The smallest absolute Gasteiger partial charge is 0.0675 e. The van der Waals surface area contributed by atoms with Crippen molar-refractivity contribution in [1.29, 1.82) is 0 Å². The van der Waals surface area contributed by atoms with Gasteiger partial charge in [0.1, 0.15) is 0 Å². The molecule has 2 rings (SSSR count). The Morgan fingerprint density at radius 3 is 2.20 bits per heavy atom. The molecule has 2 unspecified atom stereocenters. The summed E-state index contributed by atoms with van der Waals surface area (Å²) in [6, 6.07) is 0. The molecule has 1 heteroatoms. The van der Waals surface area contributed by atoms with Crippen molar-refractivity contribution in [2.75, 3.05) is 0 Å². The average Bonchev–Trinajstić information content (AvgIpc) is 2.85. The van der Waals surface area contributed by atoms with E-state index in [1.165, 1.54) is 32.1 Å². The van der Waals surface area contributed by atoms with Gasteiger partial charge >= 0.3 is 0 Å². The van der Waals surface area contributed by atoms with Crippen molar-refractivity contribution in [1.82, 2.24) is 0 Å². The van der Waals surface area contributed by atoms with Gasteiger partial charge in [-0.2, -0.15) is 0 Å². The van der Waals surface area contributed by atoms with Crippen LogP contribution in [-0.2, 0) is 0 Å². The van der Waals surface area contributed by atoms with Crippen molar-refractivity contribution < 1.29 is 5.11 Å². The highest BCUT2D eigenvalue weighted by Crippen LogP contribution is 2.49. The van der Waals surface area contributed by atoms with Gasteiger partial charge in [-0.3, -0.25) is 0 Å². The highest BCUT2D eigenvalue weighted by atomic mass is 16.3. The summed E-state index contributed by atoms with van der Waals surface area (Å²) in [7, 11) is 0. The Morgan fingerprint density at radius 2 is 1.67 bits per heavy atom. The summed E-state index contributed by atoms with van der Waals surface area (Å²) in [4.78, 5) is 0. The van der Waals surface area contributed by atoms with Crippen LogP contribution in [0.5, 0.6) is 0 Å². The van der Waals surface area contributed by atoms with Crippen LogP contribution in [0.4, 0.5) is 0 Å². The first-order chi connectivity index (χ1) is 6.92. The molecule has 88 valence electrons. The van der Waals surface area contributed by atoms with E-state index in [0.717, 1.165) is 18.8 Å². The lowest BCUT2D eigenvalue weighted by Gasteiger charge is -2.31. The fourth-order valence-electron chi connectivity index (χ4n) is 3.24. The highest BCUT2D eigenvalue weighted by molar-refractivity contribution is 4.97. The Kier molecular flexibility index (Phi) is 2.87. The lowest BCUT2D eigenvalue weighted by molar-refractivity contribution is 0.000453. The highest BCUT2D eigenvalue weighted by Gasteiger charge is 2.45. The largest absolute Gasteiger partial charge is 0.390 e. The summed E-state index contributed by atoms with van der Waals surface area (Å²) >= 11 is 0. The molecule has 0 saturated heterocycles. The Hall–Kier alpha value is -0.0400. The third kappa shape index (κ3) is 2.55. The summed E-state index contributed by atoms with van der Waals surface area (Å²) in [5.74, 6) is 1.46. The molecule has 0 aromatic rings. The standard InChI is InChI=1S/C14H26O/c1-13(2,3)11-5-4-9-14(15,10-8-11)12-6-7-12/h11-12,15H,4-10H2,1-3H3. The summed E-state index contributed by atoms with van der Waals surface area (Å²) in [6.45, 7) is 7.04. The molecule has 0 spiro atoms. The lowest BCUT2D eigenvalue weighted by Crippen LogP contribution is -2.30. The Morgan fingerprint density at radius 1 is 1.00 bits per heavy atom. The second-order valence-electron chi connectivity index (χ2n) is 6.87. The van der Waals surface area contributed by atoms with Gasteiger partial charge in [0, 0.05) is 0 Å². The van der Waals surface area contributed by atoms with Crippen molar-refractivity contribution in [2.24, 2.45) is 17.3 Å². The van der Waals surface area contributed by atoms with E-state index in [1.54, 1.807) is 0 Å². The van der Waals surface area contributed by atoms with Crippen molar-refractivity contribution >= 4 is 0 Å². The first-order valence-corrected chi connectivity index (χ1v) is 6.64. The topological polar surface area (TPSA) is 20.2 Å². The normalized spacial score (nSPS) is 38.8. The Labute approximate surface area is 94.3 Å². The average molecular weight is 210 g/mol. The van der Waals surface area contributed by atoms with Crippen molar-refractivity contribution in [3.05, 3.63) is 0 Å². The quantitative estimate of drug-likeness (QED) is 0.653. The summed E-state index contributed by atoms with van der Waals surface area (Å²) in [6.07, 6.45) is 8.45. The first-order valence-electron chi connectivity index (χ1n) is 6.64. The van der Waals surface area contributed by atoms with E-state index in [-0.39, 0.29) is 5.60 Å². The summed E-state index contributed by atoms with van der Waals surface area (Å²) < 4.78 is 0. The molecule has 2 saturated carbocycles. The molecule has 15 heavy (non-hydrogen) atoms. The molecule has 0 amide bonds. The Balaban J connectivity index is 1.97. The fourth-order valence-corrected chi connectivity index (χ4v) is 3.24. The van der Waals surface area contributed by atoms with Gasteiger partial charge in [0.25, 0.3) is 0 Å². The van der Waals surface area contributed by atoms with Gasteiger partial charge in [-0.1, -0.05) is 27.2 Å². The van der Waals surface area contributed by atoms with Crippen LogP contribution in [0.3, 0.4) is 0 Å². The maximum Gasteiger partial charge on any atom is 0.0675 e. The molecular formula is C14H26O. The van der Waals surface area contributed by atoms with Crippen LogP contribution in [0.15, 0.2) is 0 Å². The minimum Gasteiger partial charge on any atom is -0.390 e. The van der Waals surface area contributed by atoms with Crippen LogP contribution in [0.1, 0.15) is 65.7 Å². The van der Waals surface area contributed by atoms with Gasteiger partial charge in [0.2, 0.25) is 0 Å². The summed E-state index contributed by atoms with van der Waals surface area (Å²) in [5, 5.41) is 10.6. The van der Waals surface area contributed by atoms with Gasteiger partial charge < -0.3 is 5.11 Å². The number of rotatable bonds is 1. The monoisotopic (exact) mass is 210 g/mol. The molecule has 2 aliphatic rings. The van der Waals surface area contributed by atoms with E-state index in [0.29, 0.717) is 11.3 Å². The maximum absolute atomic E-state index is 10.6. The van der Waals surface area contributed by atoms with E-state index in [9.17, 15) is 5.11 Å². The van der Waals surface area contributed by atoms with Gasteiger partial charge in [0.05, 0.1) is 5.60 Å². The van der Waals surface area contributed by atoms with Crippen LogP contribution in [0.2, 0.25) is 0 Å². The van der Waals surface area contributed by atoms with Gasteiger partial charge in [-0.05, 0) is 55.8 Å². The molecule has 0 radical (unpaired) electrons. The van der Waals surface area contributed by atoms with Crippen molar-refractivity contribution in [3.8, 4) is 0 Å². The van der Waals surface area contributed by atoms with Crippen LogP contribution >= 0.6 is 0 Å². The third-order valence-electron chi connectivity index (χ3n) is 4.65. The van der Waals surface area contributed by atoms with Gasteiger partial charge in [-0.25, -0.2) is 0 Å². The zero-order chi connectivity index (χ0) is 11.1. The number of aliphatic hydroxyl groups is 1. The van der Waals surface area contributed by atoms with E-state index in [1.807, 2.05) is 0 Å². The number of hydrogen-bond acceptors (Lipinski definition) is 1. The van der Waals surface area contributed by atoms with E-state index >= 15 is 0 Å². The third-order valence-corrected chi connectivity index (χ3v) is 4.65. The maximum atomic E-state index is 10.6. The van der Waals surface area contributed by atoms with Crippen molar-refractivity contribution in [3.63, 3.8) is 0 Å². The zero-order valence-corrected chi connectivity index (χ0v) is 10.6. The lowest BCUT2D eigenvalue weighted by atomic mass is 9.76. The SMILES string of the molecule is CC(C)(C)C1CCCC(O)(C2CC2)CC1. The fraction of sp³-hybridized carbons (Fsp3) is 1.00. The van der Waals surface area contributed by atoms with Crippen LogP contribution in [-0.4, -0.2) is 10.7 Å². The minimum atomic E-state index is -0.278. The molecule has 0 aliphatic heterocycles. The molecule has 2 atom stereocenters. The van der Waals surface area contributed by atoms with E-state index in [2.05, 4.69) is 20.8 Å². The first kappa shape index (κ1) is 11.4. The van der Waals surface area contributed by atoms with Crippen molar-refractivity contribution in [2.45, 2.75) is 71.3 Å². The second kappa shape index (κ2) is 3.76. The molecular weight excluding hydrogens is 184 g/mol. The molecule has 0 bridgehead atoms. The van der Waals surface area contributed by atoms with Gasteiger partial charge in [0.15, 0.2) is 0 Å². The molecule has 2 aliphatic carbocycles. The van der Waals surface area contributed by atoms with E-state index in [4.69, 9.17) is 0 Å². The van der Waals surface area contributed by atoms with Gasteiger partial charge in [-0.15, -0.1) is 0 Å². The van der Waals surface area contributed by atoms with Crippen LogP contribution < -0.4 is 0 Å². The van der Waals surface area contributed by atoms with Crippen LogP contribution in [0.25, 0.3) is 0 Å². The molecule has 1 N–H and O–H groups in total.